The van der Waals surface area contributed by atoms with Gasteiger partial charge in [0.25, 0.3) is 0 Å². The summed E-state index contributed by atoms with van der Waals surface area (Å²) in [6.07, 6.45) is 4.55. The van der Waals surface area contributed by atoms with Gasteiger partial charge in [-0.2, -0.15) is 0 Å². The van der Waals surface area contributed by atoms with Crippen molar-refractivity contribution in [2.45, 2.75) is 18.8 Å². The maximum absolute atomic E-state index is 5.22. The Morgan fingerprint density at radius 2 is 2.07 bits per heavy atom. The minimum Gasteiger partial charge on any atom is -0.497 e. The van der Waals surface area contributed by atoms with Crippen LogP contribution in [0.1, 0.15) is 24.5 Å². The fraction of sp³-hybridized carbons (Fsp3) is 0.308. The highest BCUT2D eigenvalue weighted by molar-refractivity contribution is 5.83. The molecule has 2 nitrogen and oxygen atoms in total. The third kappa shape index (κ3) is 1.56. The van der Waals surface area contributed by atoms with Gasteiger partial charge in [-0.25, -0.2) is 0 Å². The first kappa shape index (κ1) is 8.72. The normalized spacial score (nSPS) is 15.5. The summed E-state index contributed by atoms with van der Waals surface area (Å²) in [5.74, 6) is 1.62. The molecule has 0 amide bonds. The van der Waals surface area contributed by atoms with E-state index in [0.717, 1.165) is 5.75 Å². The van der Waals surface area contributed by atoms with Crippen LogP contribution in [0.15, 0.2) is 30.5 Å². The van der Waals surface area contributed by atoms with Crippen molar-refractivity contribution in [3.63, 3.8) is 0 Å². The van der Waals surface area contributed by atoms with E-state index in [2.05, 4.69) is 23.2 Å². The average molecular weight is 199 g/mol. The van der Waals surface area contributed by atoms with Crippen molar-refractivity contribution in [3.05, 3.63) is 36.2 Å². The van der Waals surface area contributed by atoms with Gasteiger partial charge in [-0.15, -0.1) is 0 Å². The number of hydrogen-bond donors (Lipinski definition) is 0. The number of pyridine rings is 1. The van der Waals surface area contributed by atoms with Crippen molar-refractivity contribution in [1.29, 1.82) is 0 Å². The van der Waals surface area contributed by atoms with Crippen molar-refractivity contribution >= 4 is 10.8 Å². The molecule has 15 heavy (non-hydrogen) atoms. The molecule has 1 aromatic carbocycles. The van der Waals surface area contributed by atoms with E-state index in [1.54, 1.807) is 7.11 Å². The molecule has 0 bridgehead atoms. The zero-order valence-electron chi connectivity index (χ0n) is 8.73. The van der Waals surface area contributed by atoms with Gasteiger partial charge >= 0.3 is 0 Å². The first-order valence-electron chi connectivity index (χ1n) is 5.30. The largest absolute Gasteiger partial charge is 0.497 e. The molecule has 0 radical (unpaired) electrons. The van der Waals surface area contributed by atoms with Gasteiger partial charge in [-0.1, -0.05) is 0 Å². The first-order valence-corrected chi connectivity index (χ1v) is 5.30. The summed E-state index contributed by atoms with van der Waals surface area (Å²) in [6, 6.07) is 8.29. The van der Waals surface area contributed by atoms with Crippen molar-refractivity contribution in [2.24, 2.45) is 0 Å². The van der Waals surface area contributed by atoms with Gasteiger partial charge in [0.15, 0.2) is 0 Å². The molecule has 76 valence electrons. The molecule has 0 aliphatic heterocycles. The molecule has 3 rings (SSSR count). The SMILES string of the molecule is COc1ccc2cnc(C3CC3)cc2c1. The number of hydrogen-bond acceptors (Lipinski definition) is 2. The maximum atomic E-state index is 5.22. The van der Waals surface area contributed by atoms with Gasteiger partial charge in [0, 0.05) is 23.2 Å². The van der Waals surface area contributed by atoms with Crippen molar-refractivity contribution in [1.82, 2.24) is 4.98 Å². The monoisotopic (exact) mass is 199 g/mol. The molecule has 0 saturated heterocycles. The molecule has 1 heterocycles. The molecule has 1 saturated carbocycles. The summed E-state index contributed by atoms with van der Waals surface area (Å²) in [6.45, 7) is 0. The fourth-order valence-electron chi connectivity index (χ4n) is 1.87. The molecule has 1 aromatic heterocycles. The quantitative estimate of drug-likeness (QED) is 0.741. The zero-order chi connectivity index (χ0) is 10.3. The summed E-state index contributed by atoms with van der Waals surface area (Å²) >= 11 is 0. The minimum absolute atomic E-state index is 0.709. The lowest BCUT2D eigenvalue weighted by atomic mass is 10.1. The second kappa shape index (κ2) is 3.23. The van der Waals surface area contributed by atoms with E-state index in [0.29, 0.717) is 5.92 Å². The molecule has 0 atom stereocenters. The Morgan fingerprint density at radius 1 is 1.20 bits per heavy atom. The van der Waals surface area contributed by atoms with Crippen molar-refractivity contribution < 1.29 is 4.74 Å². The van der Waals surface area contributed by atoms with Crippen LogP contribution in [0.2, 0.25) is 0 Å². The van der Waals surface area contributed by atoms with Crippen LogP contribution in [0.5, 0.6) is 5.75 Å². The number of benzene rings is 1. The topological polar surface area (TPSA) is 22.1 Å². The Kier molecular flexibility index (Phi) is 1.88. The van der Waals surface area contributed by atoms with Crippen LogP contribution in [0.3, 0.4) is 0 Å². The molecule has 0 N–H and O–H groups in total. The van der Waals surface area contributed by atoms with Gasteiger partial charge in [0.05, 0.1) is 7.11 Å². The number of methoxy groups -OCH3 is 1. The van der Waals surface area contributed by atoms with Gasteiger partial charge < -0.3 is 4.74 Å². The van der Waals surface area contributed by atoms with E-state index in [1.807, 2.05) is 12.3 Å². The van der Waals surface area contributed by atoms with Crippen LogP contribution in [-0.4, -0.2) is 12.1 Å². The average Bonchev–Trinajstić information content (AvgIpc) is 3.11. The highest BCUT2D eigenvalue weighted by Gasteiger charge is 2.24. The Hall–Kier alpha value is -1.57. The molecule has 0 unspecified atom stereocenters. The molecule has 2 aromatic rings. The first-order chi connectivity index (χ1) is 7.36. The van der Waals surface area contributed by atoms with Gasteiger partial charge in [0.1, 0.15) is 5.75 Å². The van der Waals surface area contributed by atoms with Crippen LogP contribution < -0.4 is 4.74 Å². The Labute approximate surface area is 88.9 Å². The molecule has 0 spiro atoms. The summed E-state index contributed by atoms with van der Waals surface area (Å²) < 4.78 is 5.22. The summed E-state index contributed by atoms with van der Waals surface area (Å²) in [5.41, 5.74) is 1.23. The van der Waals surface area contributed by atoms with Gasteiger partial charge in [0.2, 0.25) is 0 Å². The summed E-state index contributed by atoms with van der Waals surface area (Å²) in [5, 5.41) is 2.41. The second-order valence-corrected chi connectivity index (χ2v) is 4.10. The minimum atomic E-state index is 0.709. The van der Waals surface area contributed by atoms with Crippen LogP contribution in [-0.2, 0) is 0 Å². The molecule has 1 fully saturated rings. The van der Waals surface area contributed by atoms with Crippen molar-refractivity contribution in [2.75, 3.05) is 7.11 Å². The fourth-order valence-corrected chi connectivity index (χ4v) is 1.87. The summed E-state index contributed by atoms with van der Waals surface area (Å²) in [4.78, 5) is 4.48. The van der Waals surface area contributed by atoms with Crippen LogP contribution in [0.25, 0.3) is 10.8 Å². The van der Waals surface area contributed by atoms with E-state index in [9.17, 15) is 0 Å². The van der Waals surface area contributed by atoms with E-state index in [-0.39, 0.29) is 0 Å². The third-order valence-corrected chi connectivity index (χ3v) is 2.95. The number of rotatable bonds is 2. The van der Waals surface area contributed by atoms with E-state index in [1.165, 1.54) is 29.3 Å². The smallest absolute Gasteiger partial charge is 0.119 e. The Morgan fingerprint density at radius 3 is 2.80 bits per heavy atom. The van der Waals surface area contributed by atoms with Crippen molar-refractivity contribution in [3.8, 4) is 5.75 Å². The third-order valence-electron chi connectivity index (χ3n) is 2.95. The standard InChI is InChI=1S/C13H13NO/c1-15-12-5-4-10-8-14-13(9-2-3-9)7-11(10)6-12/h4-9H,2-3H2,1H3. The highest BCUT2D eigenvalue weighted by atomic mass is 16.5. The molecular weight excluding hydrogens is 186 g/mol. The number of aromatic nitrogens is 1. The number of fused-ring (bicyclic) bond motifs is 1. The van der Waals surface area contributed by atoms with Crippen LogP contribution in [0.4, 0.5) is 0 Å². The highest BCUT2D eigenvalue weighted by Crippen LogP contribution is 2.39. The lowest BCUT2D eigenvalue weighted by molar-refractivity contribution is 0.415. The van der Waals surface area contributed by atoms with E-state index >= 15 is 0 Å². The number of nitrogens with zero attached hydrogens (tertiary/aromatic N) is 1. The molecule has 1 aliphatic rings. The lowest BCUT2D eigenvalue weighted by Gasteiger charge is -2.04. The lowest BCUT2D eigenvalue weighted by Crippen LogP contribution is -1.87. The molecular formula is C13H13NO. The van der Waals surface area contributed by atoms with Gasteiger partial charge in [-0.05, 0) is 42.5 Å². The molecule has 2 heteroatoms. The predicted octanol–water partition coefficient (Wildman–Crippen LogP) is 3.12. The number of ether oxygens (including phenoxy) is 1. The molecule has 1 aliphatic carbocycles. The zero-order valence-corrected chi connectivity index (χ0v) is 8.73. The predicted molar refractivity (Wildman–Crippen MR) is 60.3 cm³/mol. The Balaban J connectivity index is 2.14. The maximum Gasteiger partial charge on any atom is 0.119 e. The van der Waals surface area contributed by atoms with Gasteiger partial charge in [-0.3, -0.25) is 4.98 Å². The van der Waals surface area contributed by atoms with E-state index < -0.39 is 0 Å². The second-order valence-electron chi connectivity index (χ2n) is 4.10. The summed E-state index contributed by atoms with van der Waals surface area (Å²) in [7, 11) is 1.70. The van der Waals surface area contributed by atoms with Crippen LogP contribution in [0, 0.1) is 0 Å². The van der Waals surface area contributed by atoms with Crippen LogP contribution >= 0.6 is 0 Å². The van der Waals surface area contributed by atoms with E-state index in [4.69, 9.17) is 4.74 Å². The Bertz CT molecular complexity index is 503.